The molecule has 0 saturated carbocycles. The lowest BCUT2D eigenvalue weighted by Crippen LogP contribution is -2.41. The minimum atomic E-state index is -0.668. The van der Waals surface area contributed by atoms with Crippen molar-refractivity contribution in [3.8, 4) is 0 Å². The molecule has 3 amide bonds. The van der Waals surface area contributed by atoms with Crippen molar-refractivity contribution in [1.29, 1.82) is 0 Å². The summed E-state index contributed by atoms with van der Waals surface area (Å²) in [5, 5.41) is 9.91. The van der Waals surface area contributed by atoms with Gasteiger partial charge in [-0.15, -0.1) is 11.3 Å². The lowest BCUT2D eigenvalue weighted by atomic mass is 10.2. The maximum Gasteiger partial charge on any atom is 0.261 e. The molecule has 1 unspecified atom stereocenters. The van der Waals surface area contributed by atoms with Gasteiger partial charge in [0.15, 0.2) is 0 Å². The van der Waals surface area contributed by atoms with Crippen LogP contribution in [0.5, 0.6) is 0 Å². The van der Waals surface area contributed by atoms with Crippen LogP contribution < -0.4 is 16.0 Å². The van der Waals surface area contributed by atoms with Gasteiger partial charge in [-0.05, 0) is 42.6 Å². The molecule has 3 N–H and O–H groups in total. The quantitative estimate of drug-likeness (QED) is 0.752. The second kappa shape index (κ2) is 8.26. The van der Waals surface area contributed by atoms with Crippen LogP contribution in [0, 0.1) is 0 Å². The molecular formula is C17H19N3O3S. The third-order valence-electron chi connectivity index (χ3n) is 3.24. The van der Waals surface area contributed by atoms with Crippen LogP contribution in [0.15, 0.2) is 41.8 Å². The molecule has 0 aliphatic heterocycles. The number of benzene rings is 1. The third kappa shape index (κ3) is 4.92. The molecule has 0 radical (unpaired) electrons. The highest BCUT2D eigenvalue weighted by atomic mass is 32.1. The van der Waals surface area contributed by atoms with Crippen LogP contribution in [-0.4, -0.2) is 23.8 Å². The van der Waals surface area contributed by atoms with Gasteiger partial charge in [0.1, 0.15) is 6.04 Å². The number of thiophene rings is 1. The molecule has 6 nitrogen and oxygen atoms in total. The predicted octanol–water partition coefficient (Wildman–Crippen LogP) is 2.85. The number of hydrogen-bond donors (Lipinski definition) is 3. The van der Waals surface area contributed by atoms with Gasteiger partial charge >= 0.3 is 0 Å². The molecule has 0 aliphatic carbocycles. The highest BCUT2D eigenvalue weighted by Crippen LogP contribution is 2.14. The summed E-state index contributed by atoms with van der Waals surface area (Å²) >= 11 is 1.32. The number of anilines is 2. The van der Waals surface area contributed by atoms with Crippen LogP contribution in [0.3, 0.4) is 0 Å². The van der Waals surface area contributed by atoms with E-state index in [1.54, 1.807) is 55.6 Å². The Morgan fingerprint density at radius 3 is 2.21 bits per heavy atom. The summed E-state index contributed by atoms with van der Waals surface area (Å²) in [6.07, 6.45) is 0.403. The summed E-state index contributed by atoms with van der Waals surface area (Å²) in [7, 11) is 0. The minimum Gasteiger partial charge on any atom is -0.340 e. The summed E-state index contributed by atoms with van der Waals surface area (Å²) in [6.45, 7) is 3.40. The fourth-order valence-corrected chi connectivity index (χ4v) is 2.50. The van der Waals surface area contributed by atoms with Crippen molar-refractivity contribution >= 4 is 40.4 Å². The molecule has 1 atom stereocenters. The zero-order valence-electron chi connectivity index (χ0n) is 13.5. The number of rotatable bonds is 6. The van der Waals surface area contributed by atoms with Crippen LogP contribution in [0.1, 0.15) is 29.9 Å². The summed E-state index contributed by atoms with van der Waals surface area (Å²) in [5.74, 6) is -0.660. The fraction of sp³-hybridized carbons (Fsp3) is 0.235. The molecule has 2 rings (SSSR count). The van der Waals surface area contributed by atoms with E-state index in [-0.39, 0.29) is 17.7 Å². The highest BCUT2D eigenvalue weighted by molar-refractivity contribution is 7.12. The lowest BCUT2D eigenvalue weighted by molar-refractivity contribution is -0.117. The molecule has 1 heterocycles. The third-order valence-corrected chi connectivity index (χ3v) is 4.11. The van der Waals surface area contributed by atoms with Crippen molar-refractivity contribution in [2.75, 3.05) is 10.6 Å². The molecular weight excluding hydrogens is 326 g/mol. The second-order valence-electron chi connectivity index (χ2n) is 5.14. The molecule has 0 spiro atoms. The van der Waals surface area contributed by atoms with E-state index in [2.05, 4.69) is 16.0 Å². The molecule has 0 aliphatic rings. The first-order chi connectivity index (χ1) is 11.5. The van der Waals surface area contributed by atoms with E-state index in [4.69, 9.17) is 0 Å². The van der Waals surface area contributed by atoms with Crippen LogP contribution >= 0.6 is 11.3 Å². The lowest BCUT2D eigenvalue weighted by Gasteiger charge is -2.14. The Morgan fingerprint density at radius 1 is 1.04 bits per heavy atom. The Balaban J connectivity index is 1.89. The van der Waals surface area contributed by atoms with Gasteiger partial charge < -0.3 is 16.0 Å². The number of carbonyl (C=O) groups is 3. The van der Waals surface area contributed by atoms with Crippen molar-refractivity contribution in [2.24, 2.45) is 0 Å². The smallest absolute Gasteiger partial charge is 0.261 e. The SMILES string of the molecule is CCC(=O)Nc1ccc(NC(=O)C(C)NC(=O)c2cccs2)cc1. The van der Waals surface area contributed by atoms with Gasteiger partial charge in [0.05, 0.1) is 4.88 Å². The van der Waals surface area contributed by atoms with E-state index < -0.39 is 6.04 Å². The zero-order chi connectivity index (χ0) is 17.5. The van der Waals surface area contributed by atoms with Crippen LogP contribution in [0.4, 0.5) is 11.4 Å². The van der Waals surface area contributed by atoms with Crippen molar-refractivity contribution in [1.82, 2.24) is 5.32 Å². The molecule has 0 fully saturated rings. The minimum absolute atomic E-state index is 0.0725. The van der Waals surface area contributed by atoms with Crippen molar-refractivity contribution in [3.05, 3.63) is 46.7 Å². The predicted molar refractivity (Wildman–Crippen MR) is 95.2 cm³/mol. The average molecular weight is 345 g/mol. The number of hydrogen-bond acceptors (Lipinski definition) is 4. The monoisotopic (exact) mass is 345 g/mol. The zero-order valence-corrected chi connectivity index (χ0v) is 14.3. The Bertz CT molecular complexity index is 711. The largest absolute Gasteiger partial charge is 0.340 e. The summed E-state index contributed by atoms with van der Waals surface area (Å²) < 4.78 is 0. The van der Waals surface area contributed by atoms with Crippen LogP contribution in [0.25, 0.3) is 0 Å². The summed E-state index contributed by atoms with van der Waals surface area (Å²) in [4.78, 5) is 35.9. The van der Waals surface area contributed by atoms with Gasteiger partial charge in [0.25, 0.3) is 5.91 Å². The van der Waals surface area contributed by atoms with E-state index in [1.807, 2.05) is 0 Å². The maximum absolute atomic E-state index is 12.1. The Morgan fingerprint density at radius 2 is 1.67 bits per heavy atom. The molecule has 2 aromatic rings. The van der Waals surface area contributed by atoms with Crippen LogP contribution in [-0.2, 0) is 9.59 Å². The average Bonchev–Trinajstić information content (AvgIpc) is 3.11. The number of carbonyl (C=O) groups excluding carboxylic acids is 3. The normalized spacial score (nSPS) is 11.4. The van der Waals surface area contributed by atoms with Crippen molar-refractivity contribution < 1.29 is 14.4 Å². The first kappa shape index (κ1) is 17.7. The topological polar surface area (TPSA) is 87.3 Å². The molecule has 0 bridgehead atoms. The first-order valence-electron chi connectivity index (χ1n) is 7.54. The van der Waals surface area contributed by atoms with E-state index in [1.165, 1.54) is 11.3 Å². The van der Waals surface area contributed by atoms with E-state index in [0.717, 1.165) is 0 Å². The van der Waals surface area contributed by atoms with Gasteiger partial charge in [-0.25, -0.2) is 0 Å². The van der Waals surface area contributed by atoms with Gasteiger partial charge in [0.2, 0.25) is 11.8 Å². The number of nitrogens with one attached hydrogen (secondary N) is 3. The van der Waals surface area contributed by atoms with Gasteiger partial charge in [-0.1, -0.05) is 13.0 Å². The molecule has 1 aromatic heterocycles. The van der Waals surface area contributed by atoms with E-state index >= 15 is 0 Å². The van der Waals surface area contributed by atoms with Gasteiger partial charge in [0, 0.05) is 17.8 Å². The Kier molecular flexibility index (Phi) is 6.08. The van der Waals surface area contributed by atoms with Crippen LogP contribution in [0.2, 0.25) is 0 Å². The van der Waals surface area contributed by atoms with E-state index in [9.17, 15) is 14.4 Å². The van der Waals surface area contributed by atoms with Crippen molar-refractivity contribution in [3.63, 3.8) is 0 Å². The maximum atomic E-state index is 12.1. The second-order valence-corrected chi connectivity index (χ2v) is 6.09. The van der Waals surface area contributed by atoms with Gasteiger partial charge in [-0.3, -0.25) is 14.4 Å². The molecule has 1 aromatic carbocycles. The van der Waals surface area contributed by atoms with E-state index in [0.29, 0.717) is 22.7 Å². The molecule has 24 heavy (non-hydrogen) atoms. The Labute approximate surface area is 144 Å². The standard InChI is InChI=1S/C17H19N3O3S/c1-3-15(21)19-12-6-8-13(9-7-12)20-16(22)11(2)18-17(23)14-5-4-10-24-14/h4-11H,3H2,1-2H3,(H,18,23)(H,19,21)(H,20,22). The molecule has 7 heteroatoms. The first-order valence-corrected chi connectivity index (χ1v) is 8.42. The summed E-state index contributed by atoms with van der Waals surface area (Å²) in [6, 6.07) is 9.61. The Hall–Kier alpha value is -2.67. The molecule has 0 saturated heterocycles. The fourth-order valence-electron chi connectivity index (χ4n) is 1.88. The van der Waals surface area contributed by atoms with Gasteiger partial charge in [-0.2, -0.15) is 0 Å². The summed E-state index contributed by atoms with van der Waals surface area (Å²) in [5.41, 5.74) is 1.26. The molecule has 126 valence electrons. The number of amides is 3. The highest BCUT2D eigenvalue weighted by Gasteiger charge is 2.17. The van der Waals surface area contributed by atoms with Crippen molar-refractivity contribution in [2.45, 2.75) is 26.3 Å².